The topological polar surface area (TPSA) is 73.0 Å². The number of carbonyl (C=O) groups excluding carboxylic acids is 1. The summed E-state index contributed by atoms with van der Waals surface area (Å²) in [5.74, 6) is 0.911. The number of aromatic nitrogens is 3. The fourth-order valence-electron chi connectivity index (χ4n) is 2.59. The molecule has 3 aromatic rings. The highest BCUT2D eigenvalue weighted by atomic mass is 32.1. The number of aryl methyl sites for hydroxylation is 2. The fraction of sp³-hybridized carbons (Fsp3) is 0.312. The Balaban J connectivity index is 1.75. The van der Waals surface area contributed by atoms with Crippen LogP contribution in [-0.4, -0.2) is 20.8 Å². The number of anilines is 1. The second-order valence-electron chi connectivity index (χ2n) is 5.45. The van der Waals surface area contributed by atoms with Gasteiger partial charge in [-0.25, -0.2) is 4.68 Å². The second-order valence-corrected chi connectivity index (χ2v) is 6.23. The quantitative estimate of drug-likeness (QED) is 0.779. The number of rotatable bonds is 5. The van der Waals surface area contributed by atoms with Crippen LogP contribution >= 0.6 is 11.3 Å². The van der Waals surface area contributed by atoms with Gasteiger partial charge in [-0.2, -0.15) is 16.4 Å². The summed E-state index contributed by atoms with van der Waals surface area (Å²) in [6.45, 7) is 6.14. The molecule has 3 rings (SSSR count). The Morgan fingerprint density at radius 2 is 2.26 bits per heavy atom. The maximum absolute atomic E-state index is 12.5. The summed E-state index contributed by atoms with van der Waals surface area (Å²) in [6.07, 6.45) is 1.68. The van der Waals surface area contributed by atoms with Gasteiger partial charge in [-0.3, -0.25) is 4.79 Å². The van der Waals surface area contributed by atoms with E-state index in [1.807, 2.05) is 32.2 Å². The van der Waals surface area contributed by atoms with Crippen molar-refractivity contribution >= 4 is 23.1 Å². The van der Waals surface area contributed by atoms with Gasteiger partial charge in [0.2, 0.25) is 5.91 Å². The van der Waals surface area contributed by atoms with Gasteiger partial charge in [0.15, 0.2) is 0 Å². The molecule has 0 aliphatic rings. The van der Waals surface area contributed by atoms with Crippen molar-refractivity contribution in [3.63, 3.8) is 0 Å². The highest BCUT2D eigenvalue weighted by Crippen LogP contribution is 2.24. The van der Waals surface area contributed by atoms with Crippen LogP contribution in [-0.2, 0) is 11.3 Å². The molecule has 0 saturated heterocycles. The first kappa shape index (κ1) is 15.5. The van der Waals surface area contributed by atoms with Crippen LogP contribution in [0.3, 0.4) is 0 Å². The van der Waals surface area contributed by atoms with Crippen molar-refractivity contribution in [2.45, 2.75) is 33.2 Å². The average Bonchev–Trinajstić information content (AvgIpc) is 3.24. The predicted octanol–water partition coefficient (Wildman–Crippen LogP) is 3.34. The summed E-state index contributed by atoms with van der Waals surface area (Å²) in [6, 6.07) is 3.84. The van der Waals surface area contributed by atoms with E-state index < -0.39 is 0 Å². The van der Waals surface area contributed by atoms with Crippen LogP contribution in [0.4, 0.5) is 5.82 Å². The molecule has 0 unspecified atom stereocenters. The molecule has 7 heteroatoms. The van der Waals surface area contributed by atoms with Crippen LogP contribution in [0.2, 0.25) is 0 Å². The lowest BCUT2D eigenvalue weighted by Gasteiger charge is -2.13. The summed E-state index contributed by atoms with van der Waals surface area (Å²) in [5.41, 5.74) is 2.75. The van der Waals surface area contributed by atoms with Gasteiger partial charge < -0.3 is 9.84 Å². The molecule has 6 nitrogen and oxygen atoms in total. The molecule has 0 saturated carbocycles. The van der Waals surface area contributed by atoms with Gasteiger partial charge in [0, 0.05) is 11.6 Å². The summed E-state index contributed by atoms with van der Waals surface area (Å²) >= 11 is 1.64. The Morgan fingerprint density at radius 1 is 1.43 bits per heavy atom. The van der Waals surface area contributed by atoms with E-state index in [1.165, 1.54) is 0 Å². The number of nitrogens with one attached hydrogen (secondary N) is 1. The maximum atomic E-state index is 12.5. The molecule has 0 aliphatic carbocycles. The Hall–Kier alpha value is -2.41. The Labute approximate surface area is 138 Å². The summed E-state index contributed by atoms with van der Waals surface area (Å²) in [5, 5.41) is 15.2. The molecular weight excluding hydrogens is 312 g/mol. The smallest absolute Gasteiger partial charge is 0.232 e. The Morgan fingerprint density at radius 3 is 2.91 bits per heavy atom. The molecule has 0 spiro atoms. The molecule has 0 fully saturated rings. The molecule has 0 aliphatic heterocycles. The largest absolute Gasteiger partial charge is 0.361 e. The average molecular weight is 330 g/mol. The van der Waals surface area contributed by atoms with E-state index in [-0.39, 0.29) is 11.8 Å². The second kappa shape index (κ2) is 6.37. The van der Waals surface area contributed by atoms with Crippen molar-refractivity contribution in [3.8, 4) is 0 Å². The Bertz CT molecular complexity index is 785. The van der Waals surface area contributed by atoms with E-state index in [4.69, 9.17) is 4.52 Å². The van der Waals surface area contributed by atoms with Crippen LogP contribution in [0.25, 0.3) is 0 Å². The van der Waals surface area contributed by atoms with E-state index >= 15 is 0 Å². The zero-order valence-electron chi connectivity index (χ0n) is 13.2. The summed E-state index contributed by atoms with van der Waals surface area (Å²) in [7, 11) is 0. The van der Waals surface area contributed by atoms with Crippen molar-refractivity contribution in [1.29, 1.82) is 0 Å². The van der Waals surface area contributed by atoms with Gasteiger partial charge in [-0.05, 0) is 43.2 Å². The van der Waals surface area contributed by atoms with Crippen molar-refractivity contribution in [1.82, 2.24) is 14.9 Å². The Kier molecular flexibility index (Phi) is 4.29. The van der Waals surface area contributed by atoms with Crippen LogP contribution in [0.1, 0.15) is 35.4 Å². The van der Waals surface area contributed by atoms with E-state index in [9.17, 15) is 4.79 Å². The van der Waals surface area contributed by atoms with E-state index in [0.717, 1.165) is 16.8 Å². The molecule has 0 aromatic carbocycles. The highest BCUT2D eigenvalue weighted by molar-refractivity contribution is 7.07. The number of hydrogen-bond acceptors (Lipinski definition) is 5. The lowest BCUT2D eigenvalue weighted by atomic mass is 9.99. The third-order valence-electron chi connectivity index (χ3n) is 3.80. The molecule has 3 aromatic heterocycles. The fourth-order valence-corrected chi connectivity index (χ4v) is 3.25. The minimum atomic E-state index is -0.342. The molecule has 0 radical (unpaired) electrons. The summed E-state index contributed by atoms with van der Waals surface area (Å²) < 4.78 is 6.93. The van der Waals surface area contributed by atoms with Gasteiger partial charge in [0.25, 0.3) is 0 Å². The van der Waals surface area contributed by atoms with Crippen LogP contribution < -0.4 is 5.32 Å². The monoisotopic (exact) mass is 330 g/mol. The first-order valence-electron chi connectivity index (χ1n) is 7.32. The van der Waals surface area contributed by atoms with Crippen LogP contribution in [0.15, 0.2) is 33.6 Å². The minimum Gasteiger partial charge on any atom is -0.361 e. The molecule has 3 heterocycles. The van der Waals surface area contributed by atoms with Crippen molar-refractivity contribution in [3.05, 3.63) is 51.7 Å². The number of nitrogens with zero attached hydrogens (tertiary/aromatic N) is 3. The van der Waals surface area contributed by atoms with Crippen molar-refractivity contribution in [2.75, 3.05) is 5.32 Å². The van der Waals surface area contributed by atoms with Crippen molar-refractivity contribution < 1.29 is 9.32 Å². The number of carbonyl (C=O) groups is 1. The van der Waals surface area contributed by atoms with Gasteiger partial charge in [-0.15, -0.1) is 0 Å². The SMILES string of the molecule is Cc1noc(C)c1[C@H](C)C(=O)Nc1ccnn1Cc1ccsc1. The standard InChI is InChI=1S/C16H18N4O2S/c1-10(15-11(2)19-22-12(15)3)16(21)18-14-4-6-17-20(14)8-13-5-7-23-9-13/h4-7,9-10H,8H2,1-3H3,(H,18,21)/t10-/m0/s1. The van der Waals surface area contributed by atoms with Crippen LogP contribution in [0.5, 0.6) is 0 Å². The third-order valence-corrected chi connectivity index (χ3v) is 4.53. The molecular formula is C16H18N4O2S. The third kappa shape index (κ3) is 3.19. The number of amides is 1. The van der Waals surface area contributed by atoms with E-state index in [0.29, 0.717) is 18.1 Å². The van der Waals surface area contributed by atoms with Crippen LogP contribution in [0, 0.1) is 13.8 Å². The molecule has 23 heavy (non-hydrogen) atoms. The van der Waals surface area contributed by atoms with Gasteiger partial charge in [0.05, 0.1) is 24.4 Å². The van der Waals surface area contributed by atoms with Gasteiger partial charge in [-0.1, -0.05) is 5.16 Å². The molecule has 0 bridgehead atoms. The summed E-state index contributed by atoms with van der Waals surface area (Å²) in [4.78, 5) is 12.5. The highest BCUT2D eigenvalue weighted by Gasteiger charge is 2.23. The van der Waals surface area contributed by atoms with Gasteiger partial charge >= 0.3 is 0 Å². The first-order chi connectivity index (χ1) is 11.1. The van der Waals surface area contributed by atoms with E-state index in [1.54, 1.807) is 28.3 Å². The lowest BCUT2D eigenvalue weighted by Crippen LogP contribution is -2.22. The number of thiophene rings is 1. The zero-order chi connectivity index (χ0) is 16.4. The molecule has 120 valence electrons. The maximum Gasteiger partial charge on any atom is 0.232 e. The van der Waals surface area contributed by atoms with E-state index in [2.05, 4.69) is 21.0 Å². The minimum absolute atomic E-state index is 0.105. The van der Waals surface area contributed by atoms with Gasteiger partial charge in [0.1, 0.15) is 11.6 Å². The molecule has 1 atom stereocenters. The lowest BCUT2D eigenvalue weighted by molar-refractivity contribution is -0.117. The first-order valence-corrected chi connectivity index (χ1v) is 8.27. The van der Waals surface area contributed by atoms with Crippen molar-refractivity contribution in [2.24, 2.45) is 0 Å². The normalized spacial score (nSPS) is 12.3. The number of hydrogen-bond donors (Lipinski definition) is 1. The molecule has 1 N–H and O–H groups in total. The predicted molar refractivity (Wildman–Crippen MR) is 88.7 cm³/mol. The molecule has 1 amide bonds. The zero-order valence-corrected chi connectivity index (χ0v) is 14.1.